The van der Waals surface area contributed by atoms with E-state index in [1.165, 1.54) is 24.3 Å². The van der Waals surface area contributed by atoms with Crippen molar-refractivity contribution in [1.29, 1.82) is 0 Å². The summed E-state index contributed by atoms with van der Waals surface area (Å²) in [6, 6.07) is 18.8. The number of anilines is 1. The van der Waals surface area contributed by atoms with Crippen molar-refractivity contribution in [1.82, 2.24) is 0 Å². The molecule has 7 nitrogen and oxygen atoms in total. The van der Waals surface area contributed by atoms with Crippen LogP contribution in [-0.4, -0.2) is 23.4 Å². The molecular formula is C20H16N2O5. The SMILES string of the molecule is O=C(COC(=O)Cc1cccc2ccccc12)Nc1ccc([N+](=O)[O-])cc1. The number of nitrogens with one attached hydrogen (secondary N) is 1. The number of nitrogens with zero attached hydrogens (tertiary/aromatic N) is 1. The van der Waals surface area contributed by atoms with E-state index in [4.69, 9.17) is 4.74 Å². The van der Waals surface area contributed by atoms with Gasteiger partial charge < -0.3 is 10.1 Å². The van der Waals surface area contributed by atoms with Gasteiger partial charge in [0.2, 0.25) is 0 Å². The first-order valence-corrected chi connectivity index (χ1v) is 8.19. The lowest BCUT2D eigenvalue weighted by Crippen LogP contribution is -2.21. The molecule has 0 heterocycles. The highest BCUT2D eigenvalue weighted by Gasteiger charge is 2.11. The Morgan fingerprint density at radius 3 is 2.41 bits per heavy atom. The molecule has 3 aromatic rings. The van der Waals surface area contributed by atoms with Gasteiger partial charge in [0.05, 0.1) is 11.3 Å². The number of esters is 1. The van der Waals surface area contributed by atoms with Gasteiger partial charge in [-0.3, -0.25) is 19.7 Å². The number of ether oxygens (including phenoxy) is 1. The summed E-state index contributed by atoms with van der Waals surface area (Å²) in [6.07, 6.45) is 0.0617. The van der Waals surface area contributed by atoms with Crippen molar-refractivity contribution >= 4 is 34.0 Å². The van der Waals surface area contributed by atoms with Gasteiger partial charge in [-0.1, -0.05) is 42.5 Å². The average molecular weight is 364 g/mol. The zero-order chi connectivity index (χ0) is 19.2. The van der Waals surface area contributed by atoms with E-state index in [2.05, 4.69) is 5.32 Å². The van der Waals surface area contributed by atoms with Crippen molar-refractivity contribution in [2.24, 2.45) is 0 Å². The molecule has 0 unspecified atom stereocenters. The van der Waals surface area contributed by atoms with Gasteiger partial charge in [0.1, 0.15) is 0 Å². The molecule has 27 heavy (non-hydrogen) atoms. The monoisotopic (exact) mass is 364 g/mol. The van der Waals surface area contributed by atoms with Gasteiger partial charge in [-0.25, -0.2) is 0 Å². The number of nitro groups is 1. The number of carbonyl (C=O) groups is 2. The summed E-state index contributed by atoms with van der Waals surface area (Å²) >= 11 is 0. The largest absolute Gasteiger partial charge is 0.455 e. The predicted molar refractivity (Wildman–Crippen MR) is 100 cm³/mol. The molecule has 1 amide bonds. The van der Waals surface area contributed by atoms with Crippen LogP contribution in [-0.2, 0) is 20.7 Å². The van der Waals surface area contributed by atoms with Crippen molar-refractivity contribution in [3.8, 4) is 0 Å². The quantitative estimate of drug-likeness (QED) is 0.410. The smallest absolute Gasteiger partial charge is 0.310 e. The first-order chi connectivity index (χ1) is 13.0. The number of hydrogen-bond acceptors (Lipinski definition) is 5. The summed E-state index contributed by atoms with van der Waals surface area (Å²) in [4.78, 5) is 34.0. The van der Waals surface area contributed by atoms with Gasteiger partial charge in [0.15, 0.2) is 6.61 Å². The molecule has 0 aliphatic carbocycles. The van der Waals surface area contributed by atoms with E-state index in [1.54, 1.807) is 0 Å². The molecule has 0 spiro atoms. The summed E-state index contributed by atoms with van der Waals surface area (Å²) in [5.41, 5.74) is 1.14. The van der Waals surface area contributed by atoms with Crippen molar-refractivity contribution < 1.29 is 19.2 Å². The molecule has 3 rings (SSSR count). The minimum atomic E-state index is -0.527. The Morgan fingerprint density at radius 1 is 0.963 bits per heavy atom. The standard InChI is InChI=1S/C20H16N2O5/c23-19(21-16-8-10-17(11-9-16)22(25)26)13-27-20(24)12-15-6-3-5-14-4-1-2-7-18(14)15/h1-11H,12-13H2,(H,21,23). The average Bonchev–Trinajstić information content (AvgIpc) is 2.67. The molecule has 0 radical (unpaired) electrons. The fraction of sp³-hybridized carbons (Fsp3) is 0.100. The minimum Gasteiger partial charge on any atom is -0.455 e. The number of carbonyl (C=O) groups excluding carboxylic acids is 2. The minimum absolute atomic E-state index is 0.0617. The second-order valence-corrected chi connectivity index (χ2v) is 5.83. The van der Waals surface area contributed by atoms with Gasteiger partial charge in [0, 0.05) is 17.8 Å². The fourth-order valence-corrected chi connectivity index (χ4v) is 2.66. The van der Waals surface area contributed by atoms with Crippen LogP contribution in [0.15, 0.2) is 66.7 Å². The number of rotatable bonds is 6. The lowest BCUT2D eigenvalue weighted by Gasteiger charge is -2.08. The Kier molecular flexibility index (Phi) is 5.41. The molecule has 136 valence electrons. The number of non-ortho nitro benzene ring substituents is 1. The van der Waals surface area contributed by atoms with Gasteiger partial charge in [0.25, 0.3) is 11.6 Å². The summed E-state index contributed by atoms with van der Waals surface area (Å²) in [5.74, 6) is -1.03. The molecule has 0 fully saturated rings. The van der Waals surface area contributed by atoms with Gasteiger partial charge >= 0.3 is 5.97 Å². The lowest BCUT2D eigenvalue weighted by molar-refractivity contribution is -0.384. The number of hydrogen-bond donors (Lipinski definition) is 1. The van der Waals surface area contributed by atoms with Gasteiger partial charge in [-0.05, 0) is 28.5 Å². The Labute approximate surface area is 154 Å². The van der Waals surface area contributed by atoms with Crippen LogP contribution in [0.4, 0.5) is 11.4 Å². The number of fused-ring (bicyclic) bond motifs is 1. The highest BCUT2D eigenvalue weighted by atomic mass is 16.6. The van der Waals surface area contributed by atoms with Gasteiger partial charge in [-0.2, -0.15) is 0 Å². The first-order valence-electron chi connectivity index (χ1n) is 8.19. The molecular weight excluding hydrogens is 348 g/mol. The second-order valence-electron chi connectivity index (χ2n) is 5.83. The molecule has 0 saturated carbocycles. The molecule has 0 atom stereocenters. The summed E-state index contributed by atoms with van der Waals surface area (Å²) < 4.78 is 5.03. The van der Waals surface area contributed by atoms with Crippen molar-refractivity contribution in [2.75, 3.05) is 11.9 Å². The van der Waals surface area contributed by atoms with E-state index in [1.807, 2.05) is 42.5 Å². The van der Waals surface area contributed by atoms with E-state index in [0.29, 0.717) is 5.69 Å². The van der Waals surface area contributed by atoms with E-state index in [9.17, 15) is 19.7 Å². The van der Waals surface area contributed by atoms with Gasteiger partial charge in [-0.15, -0.1) is 0 Å². The van der Waals surface area contributed by atoms with Crippen LogP contribution in [0.1, 0.15) is 5.56 Å². The molecule has 3 aromatic carbocycles. The van der Waals surface area contributed by atoms with Crippen LogP contribution < -0.4 is 5.32 Å². The highest BCUT2D eigenvalue weighted by molar-refractivity contribution is 5.93. The van der Waals surface area contributed by atoms with Crippen LogP contribution in [0.5, 0.6) is 0 Å². The van der Waals surface area contributed by atoms with E-state index >= 15 is 0 Å². The summed E-state index contributed by atoms with van der Waals surface area (Å²) in [5, 5.41) is 15.1. The molecule has 7 heteroatoms. The Bertz CT molecular complexity index is 993. The first kappa shape index (κ1) is 18.1. The predicted octanol–water partition coefficient (Wildman–Crippen LogP) is 3.47. The van der Waals surface area contributed by atoms with Crippen LogP contribution in [0.25, 0.3) is 10.8 Å². The third-order valence-electron chi connectivity index (χ3n) is 3.94. The van der Waals surface area contributed by atoms with Crippen LogP contribution in [0, 0.1) is 10.1 Å². The maximum Gasteiger partial charge on any atom is 0.310 e. The number of nitro benzene ring substituents is 1. The molecule has 0 bridgehead atoms. The third kappa shape index (κ3) is 4.66. The molecule has 0 saturated heterocycles. The number of benzene rings is 3. The third-order valence-corrected chi connectivity index (χ3v) is 3.94. The second kappa shape index (κ2) is 8.09. The van der Waals surface area contributed by atoms with E-state index in [0.717, 1.165) is 16.3 Å². The molecule has 0 aromatic heterocycles. The highest BCUT2D eigenvalue weighted by Crippen LogP contribution is 2.19. The Balaban J connectivity index is 1.54. The number of amides is 1. The van der Waals surface area contributed by atoms with E-state index in [-0.39, 0.29) is 12.1 Å². The summed E-state index contributed by atoms with van der Waals surface area (Å²) in [6.45, 7) is -0.430. The van der Waals surface area contributed by atoms with Crippen molar-refractivity contribution in [3.63, 3.8) is 0 Å². The maximum atomic E-state index is 12.1. The fourth-order valence-electron chi connectivity index (χ4n) is 2.66. The normalized spacial score (nSPS) is 10.4. The Morgan fingerprint density at radius 2 is 1.67 bits per heavy atom. The van der Waals surface area contributed by atoms with Crippen molar-refractivity contribution in [2.45, 2.75) is 6.42 Å². The van der Waals surface area contributed by atoms with Crippen LogP contribution in [0.3, 0.4) is 0 Å². The molecule has 0 aliphatic heterocycles. The molecule has 0 aliphatic rings. The lowest BCUT2D eigenvalue weighted by atomic mass is 10.0. The topological polar surface area (TPSA) is 98.5 Å². The maximum absolute atomic E-state index is 12.1. The van der Waals surface area contributed by atoms with E-state index < -0.39 is 23.4 Å². The summed E-state index contributed by atoms with van der Waals surface area (Å²) in [7, 11) is 0. The van der Waals surface area contributed by atoms with Crippen LogP contribution in [0.2, 0.25) is 0 Å². The van der Waals surface area contributed by atoms with Crippen molar-refractivity contribution in [3.05, 3.63) is 82.4 Å². The zero-order valence-corrected chi connectivity index (χ0v) is 14.3. The Hall–Kier alpha value is -3.74. The zero-order valence-electron chi connectivity index (χ0n) is 14.3. The molecule has 1 N–H and O–H groups in total. The van der Waals surface area contributed by atoms with Crippen LogP contribution >= 0.6 is 0 Å².